The Labute approximate surface area is 133 Å². The van der Waals surface area contributed by atoms with Gasteiger partial charge >= 0.3 is 0 Å². The first kappa shape index (κ1) is 17.8. The average Bonchev–Trinajstić information content (AvgIpc) is 2.47. The molecule has 118 valence electrons. The number of hydrogen-bond acceptors (Lipinski definition) is 3. The van der Waals surface area contributed by atoms with E-state index in [1.54, 1.807) is 0 Å². The van der Waals surface area contributed by atoms with Gasteiger partial charge in [-0.1, -0.05) is 18.2 Å². The van der Waals surface area contributed by atoms with Crippen LogP contribution in [0.2, 0.25) is 0 Å². The Kier molecular flexibility index (Phi) is 7.54. The molecular weight excluding hydrogens is 288 g/mol. The highest BCUT2D eigenvalue weighted by molar-refractivity contribution is 5.85. The number of carbonyl (C=O) groups is 1. The van der Waals surface area contributed by atoms with Crippen LogP contribution in [-0.4, -0.2) is 37.6 Å². The predicted octanol–water partition coefficient (Wildman–Crippen LogP) is 2.51. The summed E-state index contributed by atoms with van der Waals surface area (Å²) in [5, 5.41) is 0. The van der Waals surface area contributed by atoms with Crippen LogP contribution in [0.15, 0.2) is 24.3 Å². The summed E-state index contributed by atoms with van der Waals surface area (Å²) >= 11 is 0. The summed E-state index contributed by atoms with van der Waals surface area (Å²) in [7, 11) is 1.88. The lowest BCUT2D eigenvalue weighted by Crippen LogP contribution is -2.35. The first-order valence-corrected chi connectivity index (χ1v) is 7.32. The SMILES string of the molecule is CN(CC1CCCOC1)C(=O)CCc1ccccc1N.Cl. The number of benzene rings is 1. The van der Waals surface area contributed by atoms with Crippen LogP contribution in [0.1, 0.15) is 24.8 Å². The maximum absolute atomic E-state index is 12.1. The van der Waals surface area contributed by atoms with Gasteiger partial charge in [-0.3, -0.25) is 4.79 Å². The highest BCUT2D eigenvalue weighted by atomic mass is 35.5. The molecule has 1 amide bonds. The Hall–Kier alpha value is -1.26. The second kappa shape index (κ2) is 8.90. The quantitative estimate of drug-likeness (QED) is 0.850. The number of ether oxygens (including phenoxy) is 1. The van der Waals surface area contributed by atoms with Gasteiger partial charge in [-0.05, 0) is 36.8 Å². The van der Waals surface area contributed by atoms with Crippen molar-refractivity contribution < 1.29 is 9.53 Å². The largest absolute Gasteiger partial charge is 0.399 e. The maximum atomic E-state index is 12.1. The second-order valence-electron chi connectivity index (χ2n) is 5.56. The van der Waals surface area contributed by atoms with Crippen LogP contribution >= 0.6 is 12.4 Å². The molecule has 5 heteroatoms. The third-order valence-electron chi connectivity index (χ3n) is 3.88. The van der Waals surface area contributed by atoms with Gasteiger partial charge in [0.2, 0.25) is 5.91 Å². The van der Waals surface area contributed by atoms with E-state index in [0.29, 0.717) is 18.8 Å². The molecule has 0 saturated carbocycles. The van der Waals surface area contributed by atoms with Gasteiger partial charge in [0.05, 0.1) is 6.61 Å². The Morgan fingerprint density at radius 2 is 2.19 bits per heavy atom. The van der Waals surface area contributed by atoms with Gasteiger partial charge in [0.1, 0.15) is 0 Å². The van der Waals surface area contributed by atoms with Crippen LogP contribution in [0.3, 0.4) is 0 Å². The minimum absolute atomic E-state index is 0. The van der Waals surface area contributed by atoms with Crippen LogP contribution in [-0.2, 0) is 16.0 Å². The van der Waals surface area contributed by atoms with Gasteiger partial charge in [-0.15, -0.1) is 12.4 Å². The van der Waals surface area contributed by atoms with Crippen LogP contribution < -0.4 is 5.73 Å². The average molecular weight is 313 g/mol. The summed E-state index contributed by atoms with van der Waals surface area (Å²) in [5.74, 6) is 0.665. The molecule has 1 saturated heterocycles. The monoisotopic (exact) mass is 312 g/mol. The molecule has 1 aliphatic rings. The normalized spacial score (nSPS) is 17.9. The van der Waals surface area contributed by atoms with Crippen molar-refractivity contribution >= 4 is 24.0 Å². The van der Waals surface area contributed by atoms with Gasteiger partial charge in [0.15, 0.2) is 0 Å². The summed E-state index contributed by atoms with van der Waals surface area (Å²) < 4.78 is 5.45. The third kappa shape index (κ3) is 5.56. The molecule has 4 nitrogen and oxygen atoms in total. The fourth-order valence-corrected chi connectivity index (χ4v) is 2.63. The number of rotatable bonds is 5. The number of hydrogen-bond donors (Lipinski definition) is 1. The van der Waals surface area contributed by atoms with E-state index in [0.717, 1.165) is 43.9 Å². The topological polar surface area (TPSA) is 55.6 Å². The number of nitrogens with zero attached hydrogens (tertiary/aromatic N) is 1. The van der Waals surface area contributed by atoms with E-state index in [9.17, 15) is 4.79 Å². The number of carbonyl (C=O) groups excluding carboxylic acids is 1. The minimum Gasteiger partial charge on any atom is -0.399 e. The second-order valence-corrected chi connectivity index (χ2v) is 5.56. The van der Waals surface area contributed by atoms with E-state index in [1.807, 2.05) is 36.2 Å². The van der Waals surface area contributed by atoms with Crippen LogP contribution in [0.4, 0.5) is 5.69 Å². The number of nitrogens with two attached hydrogens (primary N) is 1. The smallest absolute Gasteiger partial charge is 0.222 e. The molecule has 0 aliphatic carbocycles. The van der Waals surface area contributed by atoms with E-state index in [2.05, 4.69) is 0 Å². The summed E-state index contributed by atoms with van der Waals surface area (Å²) in [5.41, 5.74) is 7.71. The van der Waals surface area contributed by atoms with E-state index in [-0.39, 0.29) is 18.3 Å². The summed E-state index contributed by atoms with van der Waals surface area (Å²) in [6.07, 6.45) is 3.48. The van der Waals surface area contributed by atoms with Crippen molar-refractivity contribution in [2.75, 3.05) is 32.5 Å². The molecule has 1 heterocycles. The Bertz CT molecular complexity index is 448. The van der Waals surface area contributed by atoms with Crippen molar-refractivity contribution in [3.63, 3.8) is 0 Å². The molecule has 2 rings (SSSR count). The maximum Gasteiger partial charge on any atom is 0.222 e. The number of para-hydroxylation sites is 1. The molecule has 0 radical (unpaired) electrons. The molecule has 1 aromatic carbocycles. The lowest BCUT2D eigenvalue weighted by atomic mass is 10.0. The van der Waals surface area contributed by atoms with Crippen molar-refractivity contribution in [2.24, 2.45) is 5.92 Å². The van der Waals surface area contributed by atoms with Gasteiger partial charge in [0.25, 0.3) is 0 Å². The molecule has 0 bridgehead atoms. The highest BCUT2D eigenvalue weighted by Gasteiger charge is 2.18. The zero-order valence-electron chi connectivity index (χ0n) is 12.6. The van der Waals surface area contributed by atoms with E-state index < -0.39 is 0 Å². The molecule has 1 unspecified atom stereocenters. The highest BCUT2D eigenvalue weighted by Crippen LogP contribution is 2.16. The van der Waals surface area contributed by atoms with Crippen LogP contribution in [0.25, 0.3) is 0 Å². The van der Waals surface area contributed by atoms with E-state index in [4.69, 9.17) is 10.5 Å². The standard InChI is InChI=1S/C16H24N2O2.ClH/c1-18(11-13-5-4-10-20-12-13)16(19)9-8-14-6-2-3-7-15(14)17;/h2-3,6-7,13H,4-5,8-12,17H2,1H3;1H. The molecule has 21 heavy (non-hydrogen) atoms. The first-order chi connectivity index (χ1) is 9.66. The molecule has 2 N–H and O–H groups in total. The molecule has 1 aliphatic heterocycles. The predicted molar refractivity (Wildman–Crippen MR) is 87.6 cm³/mol. The number of nitrogen functional groups attached to an aromatic ring is 1. The molecule has 0 spiro atoms. The minimum atomic E-state index is 0. The van der Waals surface area contributed by atoms with E-state index in [1.165, 1.54) is 0 Å². The van der Waals surface area contributed by atoms with Crippen molar-refractivity contribution in [1.29, 1.82) is 0 Å². The van der Waals surface area contributed by atoms with Crippen molar-refractivity contribution in [1.82, 2.24) is 4.90 Å². The van der Waals surface area contributed by atoms with Gasteiger partial charge in [-0.2, -0.15) is 0 Å². The van der Waals surface area contributed by atoms with Crippen LogP contribution in [0.5, 0.6) is 0 Å². The lowest BCUT2D eigenvalue weighted by Gasteiger charge is -2.27. The number of anilines is 1. The summed E-state index contributed by atoms with van der Waals surface area (Å²) in [6, 6.07) is 7.73. The molecule has 1 atom stereocenters. The lowest BCUT2D eigenvalue weighted by molar-refractivity contribution is -0.131. The van der Waals surface area contributed by atoms with Gasteiger partial charge in [-0.25, -0.2) is 0 Å². The zero-order valence-corrected chi connectivity index (χ0v) is 13.4. The van der Waals surface area contributed by atoms with Gasteiger partial charge in [0, 0.05) is 32.3 Å². The molecule has 1 aromatic rings. The summed E-state index contributed by atoms with van der Waals surface area (Å²) in [4.78, 5) is 14.0. The number of amides is 1. The number of aryl methyl sites for hydroxylation is 1. The molecule has 1 fully saturated rings. The van der Waals surface area contributed by atoms with Crippen molar-refractivity contribution in [2.45, 2.75) is 25.7 Å². The third-order valence-corrected chi connectivity index (χ3v) is 3.88. The van der Waals surface area contributed by atoms with Crippen molar-refractivity contribution in [3.05, 3.63) is 29.8 Å². The van der Waals surface area contributed by atoms with Gasteiger partial charge < -0.3 is 15.4 Å². The van der Waals surface area contributed by atoms with Crippen molar-refractivity contribution in [3.8, 4) is 0 Å². The Balaban J connectivity index is 0.00000220. The molecular formula is C16H25ClN2O2. The molecule has 0 aromatic heterocycles. The van der Waals surface area contributed by atoms with E-state index >= 15 is 0 Å². The zero-order chi connectivity index (χ0) is 14.4. The fraction of sp³-hybridized carbons (Fsp3) is 0.562. The Morgan fingerprint density at radius 3 is 2.86 bits per heavy atom. The Morgan fingerprint density at radius 1 is 1.43 bits per heavy atom. The van der Waals surface area contributed by atoms with Crippen LogP contribution in [0, 0.1) is 5.92 Å². The number of halogens is 1. The first-order valence-electron chi connectivity index (χ1n) is 7.32. The summed E-state index contributed by atoms with van der Waals surface area (Å²) in [6.45, 7) is 2.44. The fourth-order valence-electron chi connectivity index (χ4n) is 2.63.